The summed E-state index contributed by atoms with van der Waals surface area (Å²) in [6, 6.07) is 8.78. The largest absolute Gasteiger partial charge is 0.356 e. The number of nitrogens with zero attached hydrogens (tertiary/aromatic N) is 1. The van der Waals surface area contributed by atoms with Crippen molar-refractivity contribution in [3.8, 4) is 0 Å². The Hall–Kier alpha value is -1.29. The van der Waals surface area contributed by atoms with E-state index in [0.717, 1.165) is 32.4 Å². The average molecular weight is 437 g/mol. The molecule has 0 saturated heterocycles. The van der Waals surface area contributed by atoms with Gasteiger partial charge in [0.2, 0.25) is 5.91 Å². The Bertz CT molecular complexity index is 829. The van der Waals surface area contributed by atoms with Crippen molar-refractivity contribution in [3.05, 3.63) is 35.5 Å². The molecule has 4 nitrogen and oxygen atoms in total. The summed E-state index contributed by atoms with van der Waals surface area (Å²) in [4.78, 5) is 19.7. The summed E-state index contributed by atoms with van der Waals surface area (Å²) in [6.45, 7) is 6.35. The fraction of sp³-hybridized carbons (Fsp3) is 0.625. The molecule has 1 fully saturated rings. The van der Waals surface area contributed by atoms with Crippen LogP contribution in [0.1, 0.15) is 63.3 Å². The Kier molecular flexibility index (Phi) is 7.47. The van der Waals surface area contributed by atoms with Crippen LogP contribution in [0.15, 0.2) is 24.3 Å². The van der Waals surface area contributed by atoms with E-state index in [4.69, 9.17) is 0 Å². The van der Waals surface area contributed by atoms with Gasteiger partial charge in [0.15, 0.2) is 0 Å². The van der Waals surface area contributed by atoms with Gasteiger partial charge in [-0.2, -0.15) is 0 Å². The average Bonchev–Trinajstić information content (AvgIpc) is 3.07. The van der Waals surface area contributed by atoms with Crippen molar-refractivity contribution in [2.45, 2.75) is 58.4 Å². The van der Waals surface area contributed by atoms with Gasteiger partial charge < -0.3 is 15.2 Å². The Morgan fingerprint density at radius 2 is 2.00 bits per heavy atom. The van der Waals surface area contributed by atoms with E-state index in [0.29, 0.717) is 17.7 Å². The van der Waals surface area contributed by atoms with Crippen LogP contribution in [-0.2, 0) is 28.3 Å². The van der Waals surface area contributed by atoms with Crippen molar-refractivity contribution in [3.63, 3.8) is 0 Å². The van der Waals surface area contributed by atoms with Gasteiger partial charge in [-0.3, -0.25) is 4.79 Å². The van der Waals surface area contributed by atoms with Gasteiger partial charge in [0.25, 0.3) is 0 Å². The molecular weight excluding hydrogens is 402 g/mol. The molecule has 1 aromatic carbocycles. The van der Waals surface area contributed by atoms with E-state index >= 15 is 0 Å². The molecule has 4 rings (SSSR count). The van der Waals surface area contributed by atoms with Crippen LogP contribution in [0, 0.1) is 17.8 Å². The van der Waals surface area contributed by atoms with Crippen LogP contribution in [0.4, 0.5) is 0 Å². The Balaban J connectivity index is 0.00000240. The van der Waals surface area contributed by atoms with E-state index in [-0.39, 0.29) is 29.0 Å². The topological polar surface area (TPSA) is 48.1 Å². The number of benzene rings is 1. The first-order valence-electron chi connectivity index (χ1n) is 11.1. The summed E-state index contributed by atoms with van der Waals surface area (Å²) in [7, 11) is 2.01. The van der Waals surface area contributed by atoms with Crippen LogP contribution in [-0.4, -0.2) is 35.9 Å². The maximum absolute atomic E-state index is 13.7. The summed E-state index contributed by atoms with van der Waals surface area (Å²) in [5, 5.41) is 4.66. The number of aromatic amines is 1. The SMILES string of the molecule is CNCC1CCCCC1C(=O)N1CCc2c([nH]c3ccccc23)C1CC(C)C.[Fe]. The summed E-state index contributed by atoms with van der Waals surface area (Å²) in [6.07, 6.45) is 6.67. The number of amides is 1. The van der Waals surface area contributed by atoms with Crippen LogP contribution in [0.2, 0.25) is 0 Å². The van der Waals surface area contributed by atoms with Gasteiger partial charge in [-0.25, -0.2) is 0 Å². The first-order chi connectivity index (χ1) is 13.6. The minimum Gasteiger partial charge on any atom is -0.356 e. The van der Waals surface area contributed by atoms with Crippen LogP contribution in [0.5, 0.6) is 0 Å². The van der Waals surface area contributed by atoms with Gasteiger partial charge in [-0.05, 0) is 62.7 Å². The van der Waals surface area contributed by atoms with E-state index in [9.17, 15) is 4.79 Å². The normalized spacial score (nSPS) is 24.4. The molecule has 1 aromatic heterocycles. The Morgan fingerprint density at radius 1 is 1.24 bits per heavy atom. The minimum atomic E-state index is 0. The molecule has 2 aromatic rings. The number of rotatable bonds is 5. The summed E-state index contributed by atoms with van der Waals surface area (Å²) in [5.74, 6) is 1.61. The molecule has 3 atom stereocenters. The van der Waals surface area contributed by atoms with Gasteiger partial charge in [-0.1, -0.05) is 44.9 Å². The number of fused-ring (bicyclic) bond motifs is 3. The number of nitrogens with one attached hydrogen (secondary N) is 2. The van der Waals surface area contributed by atoms with E-state index < -0.39 is 0 Å². The zero-order valence-electron chi connectivity index (χ0n) is 18.0. The zero-order chi connectivity index (χ0) is 19.7. The van der Waals surface area contributed by atoms with Crippen LogP contribution >= 0.6 is 0 Å². The molecule has 2 aliphatic rings. The molecule has 160 valence electrons. The van der Waals surface area contributed by atoms with E-state index in [2.05, 4.69) is 53.3 Å². The van der Waals surface area contributed by atoms with Crippen molar-refractivity contribution < 1.29 is 21.9 Å². The molecule has 1 saturated carbocycles. The van der Waals surface area contributed by atoms with E-state index in [1.165, 1.54) is 41.4 Å². The van der Waals surface area contributed by atoms with Crippen molar-refractivity contribution in [2.75, 3.05) is 20.1 Å². The fourth-order valence-corrected chi connectivity index (χ4v) is 5.53. The fourth-order valence-electron chi connectivity index (χ4n) is 5.53. The van der Waals surface area contributed by atoms with E-state index in [1.807, 2.05) is 7.05 Å². The van der Waals surface area contributed by atoms with Crippen LogP contribution in [0.25, 0.3) is 10.9 Å². The standard InChI is InChI=1S/C24H35N3O.Fe/c1-16(2)14-22-23-20(19-10-6-7-11-21(19)26-23)12-13-27(22)24(28)18-9-5-4-8-17(18)15-25-3;/h6-7,10-11,16-18,22,25-26H,4-5,8-9,12-15H2,1-3H3;. The molecular formula is C24H35FeN3O. The second kappa shape index (κ2) is 9.68. The van der Waals surface area contributed by atoms with E-state index in [1.54, 1.807) is 0 Å². The molecule has 5 heteroatoms. The maximum atomic E-state index is 13.7. The van der Waals surface area contributed by atoms with Gasteiger partial charge in [0, 0.05) is 46.1 Å². The first-order valence-corrected chi connectivity index (χ1v) is 11.1. The molecule has 0 spiro atoms. The van der Waals surface area contributed by atoms with Crippen molar-refractivity contribution >= 4 is 16.8 Å². The predicted octanol–water partition coefficient (Wildman–Crippen LogP) is 4.66. The molecule has 0 bridgehead atoms. The van der Waals surface area contributed by atoms with Gasteiger partial charge in [-0.15, -0.1) is 0 Å². The van der Waals surface area contributed by atoms with Gasteiger partial charge >= 0.3 is 0 Å². The van der Waals surface area contributed by atoms with Crippen LogP contribution < -0.4 is 5.32 Å². The van der Waals surface area contributed by atoms with Gasteiger partial charge in [0.05, 0.1) is 6.04 Å². The van der Waals surface area contributed by atoms with Crippen LogP contribution in [0.3, 0.4) is 0 Å². The molecule has 29 heavy (non-hydrogen) atoms. The molecule has 2 heterocycles. The molecule has 2 N–H and O–H groups in total. The third-order valence-corrected chi connectivity index (χ3v) is 6.83. The second-order valence-corrected chi connectivity index (χ2v) is 9.20. The Morgan fingerprint density at radius 3 is 2.76 bits per heavy atom. The molecule has 1 amide bonds. The molecule has 1 aliphatic carbocycles. The number of hydrogen-bond acceptors (Lipinski definition) is 2. The zero-order valence-corrected chi connectivity index (χ0v) is 19.1. The number of para-hydroxylation sites is 1. The second-order valence-electron chi connectivity index (χ2n) is 9.20. The quantitative estimate of drug-likeness (QED) is 0.669. The third kappa shape index (κ3) is 4.42. The number of H-pyrrole nitrogens is 1. The van der Waals surface area contributed by atoms with Gasteiger partial charge in [0.1, 0.15) is 0 Å². The van der Waals surface area contributed by atoms with Crippen molar-refractivity contribution in [2.24, 2.45) is 17.8 Å². The third-order valence-electron chi connectivity index (χ3n) is 6.83. The summed E-state index contributed by atoms with van der Waals surface area (Å²) < 4.78 is 0. The number of carbonyl (C=O) groups excluding carboxylic acids is 1. The Labute approximate surface area is 185 Å². The summed E-state index contributed by atoms with van der Waals surface area (Å²) in [5.41, 5.74) is 3.93. The number of hydrogen-bond donors (Lipinski definition) is 2. The maximum Gasteiger partial charge on any atom is 0.226 e. The molecule has 0 radical (unpaired) electrons. The summed E-state index contributed by atoms with van der Waals surface area (Å²) >= 11 is 0. The molecule has 1 aliphatic heterocycles. The minimum absolute atomic E-state index is 0. The first kappa shape index (κ1) is 22.4. The predicted molar refractivity (Wildman–Crippen MR) is 115 cm³/mol. The number of carbonyl (C=O) groups is 1. The monoisotopic (exact) mass is 437 g/mol. The molecule has 3 unspecified atom stereocenters. The number of aromatic nitrogens is 1. The van der Waals surface area contributed by atoms with Crippen molar-refractivity contribution in [1.82, 2.24) is 15.2 Å². The van der Waals surface area contributed by atoms with Crippen molar-refractivity contribution in [1.29, 1.82) is 0 Å². The smallest absolute Gasteiger partial charge is 0.226 e.